The molecule has 3 heteroatoms. The largest absolute Gasteiger partial charge is 0.411 e. The minimum absolute atomic E-state index is 0.172. The van der Waals surface area contributed by atoms with E-state index < -0.39 is 0 Å². The van der Waals surface area contributed by atoms with Gasteiger partial charge in [0.1, 0.15) is 0 Å². The van der Waals surface area contributed by atoms with E-state index >= 15 is 0 Å². The van der Waals surface area contributed by atoms with Gasteiger partial charge in [0, 0.05) is 5.25 Å². The van der Waals surface area contributed by atoms with Crippen molar-refractivity contribution in [1.82, 2.24) is 0 Å². The van der Waals surface area contributed by atoms with Gasteiger partial charge in [-0.2, -0.15) is 11.8 Å². The molecule has 0 saturated heterocycles. The summed E-state index contributed by atoms with van der Waals surface area (Å²) < 4.78 is 0. The Balaban J connectivity index is 4.07. The monoisotopic (exact) mass is 161 g/mol. The molecule has 0 aliphatic heterocycles. The maximum absolute atomic E-state index is 8.29. The van der Waals surface area contributed by atoms with E-state index in [1.807, 2.05) is 6.26 Å². The van der Waals surface area contributed by atoms with Crippen LogP contribution in [0.4, 0.5) is 0 Å². The van der Waals surface area contributed by atoms with E-state index in [4.69, 9.17) is 5.21 Å². The van der Waals surface area contributed by atoms with Crippen LogP contribution in [-0.2, 0) is 0 Å². The lowest BCUT2D eigenvalue weighted by Gasteiger charge is -2.24. The first-order valence-electron chi connectivity index (χ1n) is 3.22. The topological polar surface area (TPSA) is 32.6 Å². The predicted molar refractivity (Wildman–Crippen MR) is 47.0 cm³/mol. The molecular weight excluding hydrogens is 146 g/mol. The lowest BCUT2D eigenvalue weighted by Crippen LogP contribution is -2.24. The molecule has 0 aliphatic carbocycles. The molecule has 0 heterocycles. The number of oxime groups is 1. The molecule has 0 aromatic carbocycles. The number of thioether (sulfide) groups is 1. The zero-order valence-corrected chi connectivity index (χ0v) is 7.77. The van der Waals surface area contributed by atoms with Gasteiger partial charge in [-0.15, -0.1) is 5.16 Å². The molecule has 0 aliphatic rings. The van der Waals surface area contributed by atoms with Crippen LogP contribution in [0.1, 0.15) is 20.8 Å². The fourth-order valence-electron chi connectivity index (χ4n) is 0.699. The van der Waals surface area contributed by atoms with Crippen molar-refractivity contribution in [2.75, 3.05) is 6.26 Å². The van der Waals surface area contributed by atoms with Gasteiger partial charge in [0.05, 0.1) is 6.21 Å². The van der Waals surface area contributed by atoms with Crippen LogP contribution in [-0.4, -0.2) is 22.9 Å². The van der Waals surface area contributed by atoms with Gasteiger partial charge in [-0.25, -0.2) is 0 Å². The van der Waals surface area contributed by atoms with Crippen molar-refractivity contribution in [3.63, 3.8) is 0 Å². The second-order valence-electron chi connectivity index (χ2n) is 3.29. The average Bonchev–Trinajstić information content (AvgIpc) is 1.80. The third-order valence-electron chi connectivity index (χ3n) is 1.31. The highest BCUT2D eigenvalue weighted by atomic mass is 32.2. The van der Waals surface area contributed by atoms with E-state index in [1.54, 1.807) is 18.0 Å². The third-order valence-corrected chi connectivity index (χ3v) is 2.65. The predicted octanol–water partition coefficient (Wildman–Crippen LogP) is 2.22. The van der Waals surface area contributed by atoms with Gasteiger partial charge >= 0.3 is 0 Å². The SMILES string of the molecule is CSC(/C=N\O)C(C)(C)C. The molecule has 1 atom stereocenters. The first kappa shape index (κ1) is 9.82. The minimum atomic E-state index is 0.172. The van der Waals surface area contributed by atoms with E-state index in [9.17, 15) is 0 Å². The summed E-state index contributed by atoms with van der Waals surface area (Å²) in [7, 11) is 0. The molecule has 2 nitrogen and oxygen atoms in total. The van der Waals surface area contributed by atoms with Crippen molar-refractivity contribution >= 4 is 18.0 Å². The van der Waals surface area contributed by atoms with Gasteiger partial charge in [-0.3, -0.25) is 0 Å². The van der Waals surface area contributed by atoms with E-state index in [2.05, 4.69) is 25.9 Å². The van der Waals surface area contributed by atoms with Crippen molar-refractivity contribution in [3.8, 4) is 0 Å². The molecule has 0 bridgehead atoms. The van der Waals surface area contributed by atoms with E-state index in [1.165, 1.54) is 0 Å². The van der Waals surface area contributed by atoms with Crippen molar-refractivity contribution in [2.45, 2.75) is 26.0 Å². The highest BCUT2D eigenvalue weighted by Crippen LogP contribution is 2.26. The Bertz CT molecular complexity index is 117. The fraction of sp³-hybridized carbons (Fsp3) is 0.857. The maximum Gasteiger partial charge on any atom is 0.0571 e. The van der Waals surface area contributed by atoms with Crippen LogP contribution in [0.15, 0.2) is 5.16 Å². The molecule has 0 aromatic heterocycles. The van der Waals surface area contributed by atoms with Crippen molar-refractivity contribution in [2.24, 2.45) is 10.6 Å². The number of hydrogen-bond acceptors (Lipinski definition) is 3. The molecule has 0 aromatic rings. The standard InChI is InChI=1S/C7H15NOS/c1-7(2,3)6(10-4)5-8-9/h5-6,9H,1-4H3/b8-5-. The Morgan fingerprint density at radius 1 is 1.50 bits per heavy atom. The summed E-state index contributed by atoms with van der Waals surface area (Å²) >= 11 is 1.69. The van der Waals surface area contributed by atoms with Gasteiger partial charge in [-0.1, -0.05) is 20.8 Å². The Morgan fingerprint density at radius 2 is 2.00 bits per heavy atom. The summed E-state index contributed by atoms with van der Waals surface area (Å²) in [6, 6.07) is 0. The van der Waals surface area contributed by atoms with Crippen molar-refractivity contribution < 1.29 is 5.21 Å². The first-order valence-corrected chi connectivity index (χ1v) is 4.51. The van der Waals surface area contributed by atoms with Crippen molar-refractivity contribution in [1.29, 1.82) is 0 Å². The lowest BCUT2D eigenvalue weighted by atomic mass is 9.92. The summed E-state index contributed by atoms with van der Waals surface area (Å²) in [5.74, 6) is 0. The molecule has 0 amide bonds. The van der Waals surface area contributed by atoms with Crippen LogP contribution in [0.5, 0.6) is 0 Å². The summed E-state index contributed by atoms with van der Waals surface area (Å²) in [5, 5.41) is 11.6. The molecule has 1 N–H and O–H groups in total. The molecule has 1 unspecified atom stereocenters. The van der Waals surface area contributed by atoms with Gasteiger partial charge < -0.3 is 5.21 Å². The Kier molecular flexibility index (Phi) is 3.79. The quantitative estimate of drug-likeness (QED) is 0.382. The zero-order valence-electron chi connectivity index (χ0n) is 6.96. The normalized spacial score (nSPS) is 16.0. The first-order chi connectivity index (χ1) is 4.52. The molecule has 10 heavy (non-hydrogen) atoms. The smallest absolute Gasteiger partial charge is 0.0571 e. The summed E-state index contributed by atoms with van der Waals surface area (Å²) in [5.41, 5.74) is 0.172. The molecule has 0 radical (unpaired) electrons. The second-order valence-corrected chi connectivity index (χ2v) is 4.27. The lowest BCUT2D eigenvalue weighted by molar-refractivity contribution is 0.317. The molecule has 60 valence electrons. The summed E-state index contributed by atoms with van der Waals surface area (Å²) in [6.45, 7) is 6.36. The average molecular weight is 161 g/mol. The molecule has 0 rings (SSSR count). The minimum Gasteiger partial charge on any atom is -0.411 e. The van der Waals surface area contributed by atoms with Gasteiger partial charge in [0.25, 0.3) is 0 Å². The van der Waals surface area contributed by atoms with Crippen LogP contribution in [0.25, 0.3) is 0 Å². The molecular formula is C7H15NOS. The Hall–Kier alpha value is -0.180. The molecule has 0 saturated carbocycles. The van der Waals surface area contributed by atoms with Crippen LogP contribution in [0.3, 0.4) is 0 Å². The van der Waals surface area contributed by atoms with E-state index in [0.29, 0.717) is 0 Å². The fourth-order valence-corrected chi connectivity index (χ4v) is 1.58. The summed E-state index contributed by atoms with van der Waals surface area (Å²) in [4.78, 5) is 0. The van der Waals surface area contributed by atoms with Crippen LogP contribution >= 0.6 is 11.8 Å². The van der Waals surface area contributed by atoms with Crippen molar-refractivity contribution in [3.05, 3.63) is 0 Å². The van der Waals surface area contributed by atoms with Crippen LogP contribution in [0, 0.1) is 5.41 Å². The maximum atomic E-state index is 8.29. The number of nitrogens with zero attached hydrogens (tertiary/aromatic N) is 1. The highest BCUT2D eigenvalue weighted by Gasteiger charge is 2.21. The second kappa shape index (κ2) is 3.86. The number of hydrogen-bond donors (Lipinski definition) is 1. The Labute approximate surface area is 66.7 Å². The van der Waals surface area contributed by atoms with E-state index in [0.717, 1.165) is 0 Å². The zero-order chi connectivity index (χ0) is 8.20. The molecule has 0 fully saturated rings. The third kappa shape index (κ3) is 3.11. The van der Waals surface area contributed by atoms with Gasteiger partial charge in [0.15, 0.2) is 0 Å². The highest BCUT2D eigenvalue weighted by molar-refractivity contribution is 7.99. The van der Waals surface area contributed by atoms with Gasteiger partial charge in [-0.05, 0) is 11.7 Å². The van der Waals surface area contributed by atoms with E-state index in [-0.39, 0.29) is 10.7 Å². The van der Waals surface area contributed by atoms with Crippen LogP contribution in [0.2, 0.25) is 0 Å². The molecule has 0 spiro atoms. The van der Waals surface area contributed by atoms with Crippen LogP contribution < -0.4 is 0 Å². The summed E-state index contributed by atoms with van der Waals surface area (Å²) in [6.07, 6.45) is 3.59. The number of rotatable bonds is 2. The van der Waals surface area contributed by atoms with Gasteiger partial charge in [0.2, 0.25) is 0 Å². The Morgan fingerprint density at radius 3 is 2.10 bits per heavy atom.